The number of hydrogen-bond donors (Lipinski definition) is 2. The minimum Gasteiger partial charge on any atom is -0.345 e. The Morgan fingerprint density at radius 2 is 2.21 bits per heavy atom. The molecule has 0 radical (unpaired) electrons. The van der Waals surface area contributed by atoms with Gasteiger partial charge in [0.25, 0.3) is 0 Å². The summed E-state index contributed by atoms with van der Waals surface area (Å²) in [6.45, 7) is 6.29. The summed E-state index contributed by atoms with van der Waals surface area (Å²) in [6, 6.07) is 8.32. The maximum Gasteiger partial charge on any atom is 0.110 e. The van der Waals surface area contributed by atoms with Crippen LogP contribution < -0.4 is 5.32 Å². The summed E-state index contributed by atoms with van der Waals surface area (Å²) in [4.78, 5) is 7.79. The van der Waals surface area contributed by atoms with Crippen molar-refractivity contribution in [3.63, 3.8) is 0 Å². The number of hydrogen-bond acceptors (Lipinski definition) is 2. The monoisotopic (exact) mass is 321 g/mol. The molecule has 1 aromatic heterocycles. The van der Waals surface area contributed by atoms with Crippen LogP contribution in [-0.4, -0.2) is 16.5 Å². The van der Waals surface area contributed by atoms with Crippen molar-refractivity contribution in [3.8, 4) is 0 Å². The second kappa shape index (κ2) is 6.87. The van der Waals surface area contributed by atoms with Crippen LogP contribution in [0, 0.1) is 5.92 Å². The van der Waals surface area contributed by atoms with Crippen molar-refractivity contribution >= 4 is 15.9 Å². The molecule has 1 heterocycles. The van der Waals surface area contributed by atoms with E-state index < -0.39 is 0 Å². The van der Waals surface area contributed by atoms with Gasteiger partial charge < -0.3 is 10.3 Å². The molecule has 4 heteroatoms. The highest BCUT2D eigenvalue weighted by Gasteiger charge is 2.03. The number of halogens is 1. The molecule has 19 heavy (non-hydrogen) atoms. The first-order chi connectivity index (χ1) is 9.13. The van der Waals surface area contributed by atoms with Crippen molar-refractivity contribution in [2.75, 3.05) is 6.54 Å². The standard InChI is InChI=1S/C15H20BrN3/c1-11(2)8-17-9-14-10-18-15(19-14)7-12-4-3-5-13(16)6-12/h3-6,10-11,17H,7-9H2,1-2H3,(H,18,19). The summed E-state index contributed by atoms with van der Waals surface area (Å²) in [6.07, 6.45) is 2.75. The van der Waals surface area contributed by atoms with Crippen LogP contribution in [0.3, 0.4) is 0 Å². The van der Waals surface area contributed by atoms with Crippen molar-refractivity contribution in [2.24, 2.45) is 5.92 Å². The molecule has 0 saturated heterocycles. The van der Waals surface area contributed by atoms with E-state index in [1.807, 2.05) is 18.3 Å². The van der Waals surface area contributed by atoms with Crippen molar-refractivity contribution in [2.45, 2.75) is 26.8 Å². The number of nitrogens with one attached hydrogen (secondary N) is 2. The summed E-state index contributed by atoms with van der Waals surface area (Å²) >= 11 is 3.49. The topological polar surface area (TPSA) is 40.7 Å². The Kier molecular flexibility index (Phi) is 5.16. The molecule has 0 aliphatic rings. The predicted octanol–water partition coefficient (Wildman–Crippen LogP) is 3.51. The third-order valence-electron chi connectivity index (χ3n) is 2.81. The second-order valence-corrected chi connectivity index (χ2v) is 6.10. The average molecular weight is 322 g/mol. The lowest BCUT2D eigenvalue weighted by Crippen LogP contribution is -2.19. The second-order valence-electron chi connectivity index (χ2n) is 5.19. The van der Waals surface area contributed by atoms with Crippen molar-refractivity contribution in [1.29, 1.82) is 0 Å². The van der Waals surface area contributed by atoms with Gasteiger partial charge in [-0.3, -0.25) is 0 Å². The Morgan fingerprint density at radius 3 is 2.95 bits per heavy atom. The molecule has 2 aromatic rings. The number of rotatable bonds is 6. The molecule has 0 aliphatic heterocycles. The SMILES string of the molecule is CC(C)CNCc1cnc(Cc2cccc(Br)c2)[nH]1. The molecule has 0 aliphatic carbocycles. The van der Waals surface area contributed by atoms with Gasteiger partial charge in [0.1, 0.15) is 5.82 Å². The number of benzene rings is 1. The minimum absolute atomic E-state index is 0.670. The minimum atomic E-state index is 0.670. The van der Waals surface area contributed by atoms with Gasteiger partial charge in [-0.15, -0.1) is 0 Å². The zero-order valence-corrected chi connectivity index (χ0v) is 13.0. The number of aromatic amines is 1. The molecule has 0 fully saturated rings. The third-order valence-corrected chi connectivity index (χ3v) is 3.30. The largest absolute Gasteiger partial charge is 0.345 e. The molecule has 0 amide bonds. The smallest absolute Gasteiger partial charge is 0.110 e. The Labute approximate surface area is 123 Å². The lowest BCUT2D eigenvalue weighted by molar-refractivity contribution is 0.548. The van der Waals surface area contributed by atoms with E-state index in [4.69, 9.17) is 0 Å². The quantitative estimate of drug-likeness (QED) is 0.854. The van der Waals surface area contributed by atoms with Crippen LogP contribution in [0.1, 0.15) is 30.9 Å². The molecule has 3 nitrogen and oxygen atoms in total. The summed E-state index contributed by atoms with van der Waals surface area (Å²) < 4.78 is 1.11. The van der Waals surface area contributed by atoms with E-state index in [0.717, 1.165) is 35.5 Å². The molecule has 0 saturated carbocycles. The van der Waals surface area contributed by atoms with Gasteiger partial charge in [-0.25, -0.2) is 4.98 Å². The molecule has 0 spiro atoms. The number of nitrogens with zero attached hydrogens (tertiary/aromatic N) is 1. The van der Waals surface area contributed by atoms with Gasteiger partial charge in [0.2, 0.25) is 0 Å². The first-order valence-corrected chi connectivity index (χ1v) is 7.40. The van der Waals surface area contributed by atoms with E-state index >= 15 is 0 Å². The summed E-state index contributed by atoms with van der Waals surface area (Å²) in [5.41, 5.74) is 2.40. The van der Waals surface area contributed by atoms with Crippen LogP contribution in [0.25, 0.3) is 0 Å². The van der Waals surface area contributed by atoms with E-state index in [2.05, 4.69) is 57.2 Å². The van der Waals surface area contributed by atoms with E-state index in [0.29, 0.717) is 5.92 Å². The van der Waals surface area contributed by atoms with Crippen LogP contribution in [0.15, 0.2) is 34.9 Å². The molecule has 0 unspecified atom stereocenters. The van der Waals surface area contributed by atoms with Gasteiger partial charge in [-0.05, 0) is 30.2 Å². The normalized spacial score (nSPS) is 11.2. The fraction of sp³-hybridized carbons (Fsp3) is 0.400. The molecule has 2 N–H and O–H groups in total. The van der Waals surface area contributed by atoms with E-state index in [1.165, 1.54) is 5.56 Å². The number of imidazole rings is 1. The fourth-order valence-electron chi connectivity index (χ4n) is 1.92. The molecule has 102 valence electrons. The maximum atomic E-state index is 4.43. The maximum absolute atomic E-state index is 4.43. The average Bonchev–Trinajstić information content (AvgIpc) is 2.76. The molecule has 0 atom stereocenters. The zero-order chi connectivity index (χ0) is 13.7. The zero-order valence-electron chi connectivity index (χ0n) is 11.4. The van der Waals surface area contributed by atoms with Gasteiger partial charge in [0.05, 0.1) is 0 Å². The lowest BCUT2D eigenvalue weighted by atomic mass is 10.1. The van der Waals surface area contributed by atoms with Crippen molar-refractivity contribution < 1.29 is 0 Å². The van der Waals surface area contributed by atoms with Crippen LogP contribution in [0.5, 0.6) is 0 Å². The molecule has 2 rings (SSSR count). The van der Waals surface area contributed by atoms with Gasteiger partial charge in [0, 0.05) is 29.3 Å². The highest BCUT2D eigenvalue weighted by atomic mass is 79.9. The van der Waals surface area contributed by atoms with E-state index in [9.17, 15) is 0 Å². The molecule has 0 bridgehead atoms. The summed E-state index contributed by atoms with van der Waals surface area (Å²) in [5.74, 6) is 1.68. The number of aromatic nitrogens is 2. The molecular weight excluding hydrogens is 302 g/mol. The fourth-order valence-corrected chi connectivity index (χ4v) is 2.37. The third kappa shape index (κ3) is 4.80. The van der Waals surface area contributed by atoms with Gasteiger partial charge >= 0.3 is 0 Å². The first-order valence-electron chi connectivity index (χ1n) is 6.61. The van der Waals surface area contributed by atoms with Gasteiger partial charge in [-0.2, -0.15) is 0 Å². The van der Waals surface area contributed by atoms with E-state index in [1.54, 1.807) is 0 Å². The molecule has 1 aromatic carbocycles. The summed E-state index contributed by atoms with van der Waals surface area (Å²) in [5, 5.41) is 3.41. The Morgan fingerprint density at radius 1 is 1.37 bits per heavy atom. The first kappa shape index (κ1) is 14.3. The summed E-state index contributed by atoms with van der Waals surface area (Å²) in [7, 11) is 0. The highest BCUT2D eigenvalue weighted by molar-refractivity contribution is 9.10. The van der Waals surface area contributed by atoms with Crippen LogP contribution in [-0.2, 0) is 13.0 Å². The van der Waals surface area contributed by atoms with Crippen molar-refractivity contribution in [3.05, 3.63) is 52.0 Å². The van der Waals surface area contributed by atoms with Crippen LogP contribution in [0.4, 0.5) is 0 Å². The van der Waals surface area contributed by atoms with Gasteiger partial charge in [-0.1, -0.05) is 41.9 Å². The van der Waals surface area contributed by atoms with E-state index in [-0.39, 0.29) is 0 Å². The highest BCUT2D eigenvalue weighted by Crippen LogP contribution is 2.14. The number of H-pyrrole nitrogens is 1. The van der Waals surface area contributed by atoms with Crippen molar-refractivity contribution in [1.82, 2.24) is 15.3 Å². The predicted molar refractivity (Wildman–Crippen MR) is 82.1 cm³/mol. The Balaban J connectivity index is 1.90. The molecular formula is C15H20BrN3. The Hall–Kier alpha value is -1.13. The van der Waals surface area contributed by atoms with Crippen LogP contribution in [0.2, 0.25) is 0 Å². The lowest BCUT2D eigenvalue weighted by Gasteiger charge is -2.05. The Bertz CT molecular complexity index is 520. The van der Waals surface area contributed by atoms with Gasteiger partial charge in [0.15, 0.2) is 0 Å². The van der Waals surface area contributed by atoms with Crippen LogP contribution >= 0.6 is 15.9 Å².